The van der Waals surface area contributed by atoms with Gasteiger partial charge in [-0.2, -0.15) is 0 Å². The average molecular weight is 618 g/mol. The molecule has 0 amide bonds. The molecule has 2 aromatic heterocycles. The predicted octanol–water partition coefficient (Wildman–Crippen LogP) is 4.64. The monoisotopic (exact) mass is 617 g/mol. The third-order valence-electron chi connectivity index (χ3n) is 7.90. The fourth-order valence-electron chi connectivity index (χ4n) is 5.78. The number of aromatic nitrogens is 4. The molecule has 2 heterocycles. The number of aryl methyl sites for hydroxylation is 1. The van der Waals surface area contributed by atoms with Gasteiger partial charge in [0.05, 0.1) is 41.5 Å². The Morgan fingerprint density at radius 2 is 1.56 bits per heavy atom. The van der Waals surface area contributed by atoms with Gasteiger partial charge in [-0.1, -0.05) is 77.5 Å². The number of nitrogens with zero attached hydrogens (tertiary/aromatic N) is 4. The fraction of sp³-hybridized carbons (Fsp3) is 0.118. The Morgan fingerprint density at radius 3 is 2.33 bits per heavy atom. The zero-order valence-electron chi connectivity index (χ0n) is 24.1. The minimum Gasteiger partial charge on any atom is -0.389 e. The first-order chi connectivity index (χ1) is 21.7. The first kappa shape index (κ1) is 28.4. The van der Waals surface area contributed by atoms with E-state index in [0.29, 0.717) is 50.1 Å². The number of carbonyl (C=O) groups excluding carboxylic acids is 1. The molecule has 45 heavy (non-hydrogen) atoms. The average Bonchev–Trinajstić information content (AvgIpc) is 3.62. The third kappa shape index (κ3) is 5.11. The van der Waals surface area contributed by atoms with Crippen LogP contribution in [-0.4, -0.2) is 45.0 Å². The number of fused-ring (bicyclic) bond motifs is 5. The van der Waals surface area contributed by atoms with Crippen LogP contribution in [0.25, 0.3) is 33.3 Å². The number of hydrogen-bond donors (Lipinski definition) is 2. The third-order valence-corrected chi connectivity index (χ3v) is 9.30. The van der Waals surface area contributed by atoms with E-state index in [1.807, 2.05) is 19.1 Å². The molecule has 11 heteroatoms. The van der Waals surface area contributed by atoms with Crippen molar-refractivity contribution in [2.75, 3.05) is 4.72 Å². The van der Waals surface area contributed by atoms with Gasteiger partial charge in [-0.3, -0.25) is 14.3 Å². The Morgan fingerprint density at radius 1 is 0.844 bits per heavy atom. The summed E-state index contributed by atoms with van der Waals surface area (Å²) in [6.07, 6.45) is 0.599. The zero-order chi connectivity index (χ0) is 31.3. The van der Waals surface area contributed by atoms with Gasteiger partial charge in [-0.15, -0.1) is 5.10 Å². The van der Waals surface area contributed by atoms with Crippen molar-refractivity contribution in [2.24, 2.45) is 0 Å². The molecule has 0 fully saturated rings. The molecule has 10 nitrogen and oxygen atoms in total. The highest BCUT2D eigenvalue weighted by atomic mass is 32.2. The second kappa shape index (κ2) is 11.0. The van der Waals surface area contributed by atoms with E-state index in [0.717, 1.165) is 5.56 Å². The van der Waals surface area contributed by atoms with E-state index in [4.69, 9.17) is 0 Å². The lowest BCUT2D eigenvalue weighted by Gasteiger charge is -2.18. The Labute approximate surface area is 258 Å². The molecule has 0 saturated carbocycles. The quantitative estimate of drug-likeness (QED) is 0.254. The molecule has 4 aromatic carbocycles. The number of nitrogens with one attached hydrogen (secondary N) is 1. The molecule has 0 bridgehead atoms. The summed E-state index contributed by atoms with van der Waals surface area (Å²) < 4.78 is 31.3. The molecule has 1 aliphatic rings. The maximum Gasteiger partial charge on any atom is 0.261 e. The summed E-state index contributed by atoms with van der Waals surface area (Å²) in [5.74, 6) is -0.149. The van der Waals surface area contributed by atoms with Crippen molar-refractivity contribution in [1.82, 2.24) is 19.6 Å². The van der Waals surface area contributed by atoms with Gasteiger partial charge in [0.15, 0.2) is 5.78 Å². The van der Waals surface area contributed by atoms with Crippen LogP contribution < -0.4 is 10.3 Å². The lowest BCUT2D eigenvalue weighted by molar-refractivity contribution is 0.104. The summed E-state index contributed by atoms with van der Waals surface area (Å²) in [6.45, 7) is 1.84. The number of anilines is 1. The first-order valence-corrected chi connectivity index (χ1v) is 15.8. The molecule has 1 aliphatic carbocycles. The fourth-order valence-corrected chi connectivity index (χ4v) is 6.83. The van der Waals surface area contributed by atoms with Gasteiger partial charge in [-0.25, -0.2) is 13.1 Å². The standard InChI is InChI=1S/C34H27N5O5S/c1-21-13-15-25(16-14-21)45(43,44)36-23-8-6-7-22(17-23)30-20-38(37-35-30)18-24(40)19-39-32-27-10-3-4-11-28(27)33(41)31(32)26-9-2-5-12-29(26)34(39)42/h2-17,20,24,36,40H,18-19H2,1H3. The highest BCUT2D eigenvalue weighted by Gasteiger charge is 2.32. The van der Waals surface area contributed by atoms with Gasteiger partial charge < -0.3 is 9.67 Å². The summed E-state index contributed by atoms with van der Waals surface area (Å²) in [5.41, 5.74) is 4.27. The van der Waals surface area contributed by atoms with Gasteiger partial charge in [0, 0.05) is 33.2 Å². The van der Waals surface area contributed by atoms with Crippen molar-refractivity contribution >= 4 is 32.3 Å². The lowest BCUT2D eigenvalue weighted by Crippen LogP contribution is -2.31. The molecular weight excluding hydrogens is 590 g/mol. The zero-order valence-corrected chi connectivity index (χ0v) is 24.9. The van der Waals surface area contributed by atoms with Gasteiger partial charge in [-0.05, 0) is 37.3 Å². The second-order valence-corrected chi connectivity index (χ2v) is 12.7. The van der Waals surface area contributed by atoms with Gasteiger partial charge in [0.25, 0.3) is 15.6 Å². The molecule has 0 spiro atoms. The smallest absolute Gasteiger partial charge is 0.261 e. The van der Waals surface area contributed by atoms with E-state index in [-0.39, 0.29) is 29.3 Å². The number of sulfonamides is 1. The molecule has 2 N–H and O–H groups in total. The van der Waals surface area contributed by atoms with Crippen LogP contribution in [0.3, 0.4) is 0 Å². The van der Waals surface area contributed by atoms with Crippen molar-refractivity contribution in [3.05, 3.63) is 130 Å². The maximum absolute atomic E-state index is 13.7. The summed E-state index contributed by atoms with van der Waals surface area (Å²) >= 11 is 0. The van der Waals surface area contributed by atoms with Crippen LogP contribution in [0.2, 0.25) is 0 Å². The number of pyridine rings is 1. The van der Waals surface area contributed by atoms with E-state index >= 15 is 0 Å². The van der Waals surface area contributed by atoms with E-state index in [2.05, 4.69) is 15.0 Å². The Hall–Kier alpha value is -5.39. The maximum atomic E-state index is 13.7. The van der Waals surface area contributed by atoms with Crippen LogP contribution >= 0.6 is 0 Å². The van der Waals surface area contributed by atoms with E-state index in [9.17, 15) is 23.1 Å². The summed E-state index contributed by atoms with van der Waals surface area (Å²) in [7, 11) is -3.79. The molecule has 1 atom stereocenters. The van der Waals surface area contributed by atoms with Crippen LogP contribution in [0.4, 0.5) is 5.69 Å². The minimum absolute atomic E-state index is 0.0242. The van der Waals surface area contributed by atoms with E-state index < -0.39 is 16.1 Å². The molecule has 0 radical (unpaired) electrons. The number of benzene rings is 4. The van der Waals surface area contributed by atoms with Crippen molar-refractivity contribution in [3.8, 4) is 22.5 Å². The largest absolute Gasteiger partial charge is 0.389 e. The van der Waals surface area contributed by atoms with Crippen molar-refractivity contribution in [2.45, 2.75) is 31.0 Å². The Kier molecular flexibility index (Phi) is 6.91. The highest BCUT2D eigenvalue weighted by molar-refractivity contribution is 7.92. The number of ketones is 1. The summed E-state index contributed by atoms with van der Waals surface area (Å²) in [5, 5.41) is 20.5. The van der Waals surface area contributed by atoms with E-state index in [1.54, 1.807) is 91.1 Å². The van der Waals surface area contributed by atoms with Gasteiger partial charge in [0.1, 0.15) is 5.69 Å². The Balaban J connectivity index is 1.14. The van der Waals surface area contributed by atoms with Crippen LogP contribution in [0.5, 0.6) is 0 Å². The second-order valence-electron chi connectivity index (χ2n) is 11.0. The van der Waals surface area contributed by atoms with Crippen LogP contribution in [0, 0.1) is 6.92 Å². The number of hydrogen-bond acceptors (Lipinski definition) is 7. The van der Waals surface area contributed by atoms with Crippen LogP contribution in [0.15, 0.2) is 113 Å². The lowest BCUT2D eigenvalue weighted by atomic mass is 10.0. The van der Waals surface area contributed by atoms with Crippen LogP contribution in [-0.2, 0) is 23.1 Å². The minimum atomic E-state index is -3.79. The normalized spacial score (nSPS) is 13.1. The van der Waals surface area contributed by atoms with Gasteiger partial charge >= 0.3 is 0 Å². The SMILES string of the molecule is Cc1ccc(S(=O)(=O)Nc2cccc(-c3cn(CC(O)Cn4c5c(c6ccccc6c4=O)C(=O)c4ccccc4-5)nn3)c2)cc1. The summed E-state index contributed by atoms with van der Waals surface area (Å²) in [4.78, 5) is 27.3. The predicted molar refractivity (Wildman–Crippen MR) is 171 cm³/mol. The van der Waals surface area contributed by atoms with Crippen molar-refractivity contribution < 1.29 is 18.3 Å². The number of aliphatic hydroxyl groups excluding tert-OH is 1. The molecular formula is C34H27N5O5S. The molecule has 1 unspecified atom stereocenters. The first-order valence-electron chi connectivity index (χ1n) is 14.3. The summed E-state index contributed by atoms with van der Waals surface area (Å²) in [6, 6.07) is 27.6. The van der Waals surface area contributed by atoms with Gasteiger partial charge in [0.2, 0.25) is 0 Å². The van der Waals surface area contributed by atoms with Crippen molar-refractivity contribution in [3.63, 3.8) is 0 Å². The number of carbonyl (C=O) groups is 1. The Bertz CT molecular complexity index is 2290. The number of rotatable bonds is 8. The molecule has 0 aliphatic heterocycles. The topological polar surface area (TPSA) is 136 Å². The molecule has 6 aromatic rings. The molecule has 0 saturated heterocycles. The molecule has 7 rings (SSSR count). The van der Waals surface area contributed by atoms with Crippen molar-refractivity contribution in [1.29, 1.82) is 0 Å². The van der Waals surface area contributed by atoms with E-state index in [1.165, 1.54) is 9.25 Å². The van der Waals surface area contributed by atoms with Crippen LogP contribution in [0.1, 0.15) is 21.5 Å². The highest BCUT2D eigenvalue weighted by Crippen LogP contribution is 2.39. The molecule has 224 valence electrons. The number of aliphatic hydroxyl groups is 1.